The summed E-state index contributed by atoms with van der Waals surface area (Å²) in [5.74, 6) is -1.76. The molecule has 1 atom stereocenters. The second kappa shape index (κ2) is 6.15. The van der Waals surface area contributed by atoms with Crippen molar-refractivity contribution in [2.75, 3.05) is 26.2 Å². The number of nitrogens with two attached hydrogens (primary N) is 1. The Morgan fingerprint density at radius 3 is 2.22 bits per heavy atom. The Kier molecular flexibility index (Phi) is 4.44. The van der Waals surface area contributed by atoms with E-state index < -0.39 is 23.6 Å². The van der Waals surface area contributed by atoms with Crippen molar-refractivity contribution in [3.05, 3.63) is 11.6 Å². The fourth-order valence-corrected chi connectivity index (χ4v) is 2.70. The summed E-state index contributed by atoms with van der Waals surface area (Å²) in [6, 6.07) is 0.529. The number of rotatable bonds is 6. The minimum atomic E-state index is -0.935. The fraction of sp³-hybridized carbons (Fsp3) is 0.400. The van der Waals surface area contributed by atoms with Crippen molar-refractivity contribution in [1.29, 1.82) is 0 Å². The van der Waals surface area contributed by atoms with Gasteiger partial charge in [-0.2, -0.15) is 0 Å². The first kappa shape index (κ1) is 16.6. The maximum Gasteiger partial charge on any atom is 0.300 e. The van der Waals surface area contributed by atoms with E-state index >= 15 is 0 Å². The van der Waals surface area contributed by atoms with Crippen LogP contribution in [0.5, 0.6) is 17.2 Å². The predicted molar refractivity (Wildman–Crippen MR) is 81.2 cm³/mol. The summed E-state index contributed by atoms with van der Waals surface area (Å²) in [4.78, 5) is 37.5. The van der Waals surface area contributed by atoms with Crippen LogP contribution in [0.4, 0.5) is 5.69 Å². The number of amides is 2. The average molecular weight is 322 g/mol. The third kappa shape index (κ3) is 2.36. The lowest BCUT2D eigenvalue weighted by molar-refractivity contribution is -0.122. The molecule has 0 radical (unpaired) electrons. The third-order valence-electron chi connectivity index (χ3n) is 3.74. The lowest BCUT2D eigenvalue weighted by Gasteiger charge is -2.25. The van der Waals surface area contributed by atoms with Crippen LogP contribution in [0.1, 0.15) is 23.7 Å². The number of ketones is 1. The number of hydrogen-bond donors (Lipinski definition) is 1. The largest absolute Gasteiger partial charge is 0.493 e. The number of anilines is 1. The number of primary amides is 1. The van der Waals surface area contributed by atoms with E-state index in [2.05, 4.69) is 0 Å². The normalized spacial score (nSPS) is 14.5. The van der Waals surface area contributed by atoms with Gasteiger partial charge in [-0.15, -0.1) is 0 Å². The van der Waals surface area contributed by atoms with Gasteiger partial charge in [-0.25, -0.2) is 0 Å². The predicted octanol–water partition coefficient (Wildman–Crippen LogP) is 0.506. The monoisotopic (exact) mass is 322 g/mol. The Hall–Kier alpha value is -2.77. The average Bonchev–Trinajstić information content (AvgIpc) is 2.78. The van der Waals surface area contributed by atoms with Gasteiger partial charge in [0.1, 0.15) is 6.04 Å². The molecule has 1 aliphatic rings. The number of carbonyl (C=O) groups is 3. The van der Waals surface area contributed by atoms with E-state index in [0.717, 1.165) is 4.90 Å². The molecule has 1 aliphatic heterocycles. The second-order valence-electron chi connectivity index (χ2n) is 4.87. The number of hydrogen-bond acceptors (Lipinski definition) is 6. The summed E-state index contributed by atoms with van der Waals surface area (Å²) in [5, 5.41) is 0. The number of Topliss-reactive ketones (excluding diaryl/α,β-unsaturated/α-hetero) is 1. The van der Waals surface area contributed by atoms with Crippen molar-refractivity contribution in [3.8, 4) is 17.2 Å². The molecule has 1 heterocycles. The van der Waals surface area contributed by atoms with Gasteiger partial charge in [0.05, 0.1) is 32.6 Å². The Bertz CT molecular complexity index is 685. The van der Waals surface area contributed by atoms with Crippen LogP contribution >= 0.6 is 0 Å². The van der Waals surface area contributed by atoms with Crippen molar-refractivity contribution in [3.63, 3.8) is 0 Å². The number of ether oxygens (including phenoxy) is 3. The number of carbonyl (C=O) groups excluding carboxylic acids is 3. The minimum absolute atomic E-state index is 0.0369. The highest BCUT2D eigenvalue weighted by atomic mass is 16.5. The van der Waals surface area contributed by atoms with Crippen LogP contribution in [0.15, 0.2) is 6.07 Å². The maximum atomic E-state index is 12.4. The van der Waals surface area contributed by atoms with Crippen LogP contribution < -0.4 is 24.8 Å². The highest BCUT2D eigenvalue weighted by Gasteiger charge is 2.45. The minimum Gasteiger partial charge on any atom is -0.493 e. The molecule has 1 aromatic carbocycles. The van der Waals surface area contributed by atoms with E-state index in [4.69, 9.17) is 19.9 Å². The van der Waals surface area contributed by atoms with Gasteiger partial charge < -0.3 is 19.9 Å². The van der Waals surface area contributed by atoms with Gasteiger partial charge in [-0.05, 0) is 6.42 Å². The number of methoxy groups -OCH3 is 3. The smallest absolute Gasteiger partial charge is 0.300 e. The van der Waals surface area contributed by atoms with Crippen molar-refractivity contribution in [1.82, 2.24) is 0 Å². The topological polar surface area (TPSA) is 108 Å². The first-order valence-electron chi connectivity index (χ1n) is 6.92. The summed E-state index contributed by atoms with van der Waals surface area (Å²) in [6.07, 6.45) is 0.268. The zero-order valence-electron chi connectivity index (χ0n) is 13.3. The fourth-order valence-electron chi connectivity index (χ4n) is 2.70. The molecule has 2 amide bonds. The molecule has 1 unspecified atom stereocenters. The zero-order chi connectivity index (χ0) is 17.3. The van der Waals surface area contributed by atoms with Crippen LogP contribution in [-0.2, 0) is 9.59 Å². The molecule has 0 saturated heterocycles. The molecule has 0 bridgehead atoms. The molecule has 0 saturated carbocycles. The van der Waals surface area contributed by atoms with Crippen LogP contribution in [0.3, 0.4) is 0 Å². The van der Waals surface area contributed by atoms with Gasteiger partial charge >= 0.3 is 0 Å². The molecule has 0 spiro atoms. The summed E-state index contributed by atoms with van der Waals surface area (Å²) in [6.45, 7) is 1.70. The van der Waals surface area contributed by atoms with E-state index in [-0.39, 0.29) is 34.9 Å². The van der Waals surface area contributed by atoms with Crippen LogP contribution in [0, 0.1) is 0 Å². The molecule has 124 valence electrons. The SMILES string of the molecule is CCC(C(N)=O)N1C(=O)C(=O)c2c1cc(OC)c(OC)c2OC. The summed E-state index contributed by atoms with van der Waals surface area (Å²) in [5.41, 5.74) is 5.62. The third-order valence-corrected chi connectivity index (χ3v) is 3.74. The highest BCUT2D eigenvalue weighted by Crippen LogP contribution is 2.48. The highest BCUT2D eigenvalue weighted by molar-refractivity contribution is 6.53. The van der Waals surface area contributed by atoms with Gasteiger partial charge in [0, 0.05) is 6.07 Å². The number of nitrogens with zero attached hydrogens (tertiary/aromatic N) is 1. The van der Waals surface area contributed by atoms with Crippen molar-refractivity contribution < 1.29 is 28.6 Å². The molecule has 2 rings (SSSR count). The van der Waals surface area contributed by atoms with Gasteiger partial charge in [0.2, 0.25) is 11.7 Å². The first-order valence-corrected chi connectivity index (χ1v) is 6.92. The van der Waals surface area contributed by atoms with Crippen molar-refractivity contribution in [2.24, 2.45) is 5.73 Å². The number of benzene rings is 1. The van der Waals surface area contributed by atoms with E-state index in [9.17, 15) is 14.4 Å². The lowest BCUT2D eigenvalue weighted by Crippen LogP contribution is -2.47. The summed E-state index contributed by atoms with van der Waals surface area (Å²) >= 11 is 0. The molecule has 23 heavy (non-hydrogen) atoms. The lowest BCUT2D eigenvalue weighted by atomic mass is 10.1. The molecule has 8 heteroatoms. The Morgan fingerprint density at radius 2 is 1.78 bits per heavy atom. The van der Waals surface area contributed by atoms with Crippen LogP contribution in [0.25, 0.3) is 0 Å². The molecule has 2 N–H and O–H groups in total. The second-order valence-corrected chi connectivity index (χ2v) is 4.87. The van der Waals surface area contributed by atoms with Gasteiger partial charge in [-0.3, -0.25) is 19.3 Å². The van der Waals surface area contributed by atoms with Crippen LogP contribution in [0.2, 0.25) is 0 Å². The Balaban J connectivity index is 2.77. The Labute approximate surface area is 133 Å². The summed E-state index contributed by atoms with van der Waals surface area (Å²) < 4.78 is 15.7. The van der Waals surface area contributed by atoms with E-state index in [0.29, 0.717) is 0 Å². The molecule has 0 fully saturated rings. The van der Waals surface area contributed by atoms with Gasteiger partial charge in [0.15, 0.2) is 11.5 Å². The zero-order valence-corrected chi connectivity index (χ0v) is 13.3. The molecule has 0 aromatic heterocycles. The van der Waals surface area contributed by atoms with Crippen LogP contribution in [-0.4, -0.2) is 45.0 Å². The van der Waals surface area contributed by atoms with E-state index in [1.165, 1.54) is 27.4 Å². The quantitative estimate of drug-likeness (QED) is 0.764. The number of fused-ring (bicyclic) bond motifs is 1. The molecule has 0 aliphatic carbocycles. The molecular formula is C15H18N2O6. The van der Waals surface area contributed by atoms with Gasteiger partial charge in [0.25, 0.3) is 11.7 Å². The first-order chi connectivity index (χ1) is 10.9. The standard InChI is InChI=1S/C15H18N2O6/c1-5-7(14(16)19)17-8-6-9(21-2)12(22-3)13(23-4)10(8)11(18)15(17)20/h6-7H,5H2,1-4H3,(H2,16,19). The summed E-state index contributed by atoms with van der Waals surface area (Å²) in [7, 11) is 4.16. The van der Waals surface area contributed by atoms with Gasteiger partial charge in [-0.1, -0.05) is 6.92 Å². The van der Waals surface area contributed by atoms with Crippen molar-refractivity contribution >= 4 is 23.3 Å². The maximum absolute atomic E-state index is 12.4. The molecule has 1 aromatic rings. The van der Waals surface area contributed by atoms with Crippen molar-refractivity contribution in [2.45, 2.75) is 19.4 Å². The van der Waals surface area contributed by atoms with E-state index in [1.807, 2.05) is 0 Å². The molecule has 8 nitrogen and oxygen atoms in total. The Morgan fingerprint density at radius 1 is 1.17 bits per heavy atom. The molecular weight excluding hydrogens is 304 g/mol. The van der Waals surface area contributed by atoms with E-state index in [1.54, 1.807) is 6.92 Å².